The third-order valence-corrected chi connectivity index (χ3v) is 4.71. The summed E-state index contributed by atoms with van der Waals surface area (Å²) in [6, 6.07) is 11.9. The topological polar surface area (TPSA) is 89.4 Å². The maximum absolute atomic E-state index is 12.9. The predicted molar refractivity (Wildman–Crippen MR) is 108 cm³/mol. The summed E-state index contributed by atoms with van der Waals surface area (Å²) < 4.78 is 10.5. The van der Waals surface area contributed by atoms with Crippen LogP contribution in [0.25, 0.3) is 0 Å². The Kier molecular flexibility index (Phi) is 6.59. The molecule has 0 saturated heterocycles. The van der Waals surface area contributed by atoms with Crippen LogP contribution >= 0.6 is 0 Å². The van der Waals surface area contributed by atoms with E-state index in [1.807, 2.05) is 25.1 Å². The lowest BCUT2D eigenvalue weighted by molar-refractivity contribution is 0.0728. The Balaban J connectivity index is 1.70. The van der Waals surface area contributed by atoms with Crippen LogP contribution in [0.15, 0.2) is 50.1 Å². The molecule has 0 saturated carbocycles. The molecule has 2 heterocycles. The molecule has 0 atom stereocenters. The zero-order chi connectivity index (χ0) is 20.8. The van der Waals surface area contributed by atoms with Gasteiger partial charge in [0, 0.05) is 13.0 Å². The SMILES string of the molecule is CCN(Cc1nc(C)no1)C(=O)c1c(C)cc(CCCc2ccccc2)oc1=O. The van der Waals surface area contributed by atoms with Gasteiger partial charge in [-0.15, -0.1) is 0 Å². The summed E-state index contributed by atoms with van der Waals surface area (Å²) in [7, 11) is 0. The van der Waals surface area contributed by atoms with Gasteiger partial charge in [0.1, 0.15) is 17.9 Å². The van der Waals surface area contributed by atoms with E-state index in [2.05, 4.69) is 22.3 Å². The fourth-order valence-corrected chi connectivity index (χ4v) is 3.22. The van der Waals surface area contributed by atoms with E-state index in [4.69, 9.17) is 8.94 Å². The number of hydrogen-bond acceptors (Lipinski definition) is 6. The van der Waals surface area contributed by atoms with Gasteiger partial charge in [-0.05, 0) is 50.8 Å². The van der Waals surface area contributed by atoms with Crippen LogP contribution in [0.2, 0.25) is 0 Å². The second kappa shape index (κ2) is 9.32. The minimum absolute atomic E-state index is 0.0508. The van der Waals surface area contributed by atoms with Crippen molar-refractivity contribution in [1.82, 2.24) is 15.0 Å². The number of hydrogen-bond donors (Lipinski definition) is 0. The van der Waals surface area contributed by atoms with Crippen molar-refractivity contribution in [1.29, 1.82) is 0 Å². The van der Waals surface area contributed by atoms with E-state index < -0.39 is 11.5 Å². The third kappa shape index (κ3) is 5.19. The summed E-state index contributed by atoms with van der Waals surface area (Å²) >= 11 is 0. The van der Waals surface area contributed by atoms with Crippen molar-refractivity contribution in [2.24, 2.45) is 0 Å². The van der Waals surface area contributed by atoms with Crippen LogP contribution in [0.3, 0.4) is 0 Å². The first-order valence-electron chi connectivity index (χ1n) is 9.74. The number of carbonyl (C=O) groups is 1. The van der Waals surface area contributed by atoms with Gasteiger partial charge in [-0.3, -0.25) is 4.79 Å². The largest absolute Gasteiger partial charge is 0.427 e. The minimum Gasteiger partial charge on any atom is -0.427 e. The molecular formula is C22H25N3O4. The van der Waals surface area contributed by atoms with Crippen molar-refractivity contribution in [2.45, 2.75) is 46.6 Å². The van der Waals surface area contributed by atoms with Crippen LogP contribution < -0.4 is 5.63 Å². The molecule has 29 heavy (non-hydrogen) atoms. The van der Waals surface area contributed by atoms with Crippen molar-refractivity contribution >= 4 is 5.91 Å². The first-order chi connectivity index (χ1) is 14.0. The fourth-order valence-electron chi connectivity index (χ4n) is 3.22. The molecule has 152 valence electrons. The van der Waals surface area contributed by atoms with E-state index in [0.29, 0.717) is 36.0 Å². The Morgan fingerprint density at radius 2 is 1.90 bits per heavy atom. The van der Waals surface area contributed by atoms with Crippen molar-refractivity contribution < 1.29 is 13.7 Å². The van der Waals surface area contributed by atoms with Gasteiger partial charge < -0.3 is 13.8 Å². The maximum Gasteiger partial charge on any atom is 0.349 e. The van der Waals surface area contributed by atoms with E-state index >= 15 is 0 Å². The summed E-state index contributed by atoms with van der Waals surface area (Å²) in [6.07, 6.45) is 2.40. The Labute approximate surface area is 169 Å². The second-order valence-electron chi connectivity index (χ2n) is 6.95. The normalized spacial score (nSPS) is 10.9. The first-order valence-corrected chi connectivity index (χ1v) is 9.74. The molecule has 0 aliphatic carbocycles. The summed E-state index contributed by atoms with van der Waals surface area (Å²) in [6.45, 7) is 5.85. The molecule has 1 amide bonds. The van der Waals surface area contributed by atoms with Crippen LogP contribution in [0.5, 0.6) is 0 Å². The lowest BCUT2D eigenvalue weighted by Gasteiger charge is -2.19. The van der Waals surface area contributed by atoms with Crippen LogP contribution in [0.1, 0.15) is 52.3 Å². The van der Waals surface area contributed by atoms with E-state index in [1.54, 1.807) is 19.9 Å². The Bertz CT molecular complexity index is 1020. The lowest BCUT2D eigenvalue weighted by atomic mass is 10.1. The average Bonchev–Trinajstić information content (AvgIpc) is 3.11. The van der Waals surface area contributed by atoms with E-state index in [1.165, 1.54) is 10.5 Å². The number of rotatable bonds is 8. The summed E-state index contributed by atoms with van der Waals surface area (Å²) in [4.78, 5) is 31.1. The van der Waals surface area contributed by atoms with Gasteiger partial charge in [0.05, 0.1) is 0 Å². The minimum atomic E-state index is -0.607. The molecule has 0 aliphatic heterocycles. The molecule has 0 spiro atoms. The highest BCUT2D eigenvalue weighted by Gasteiger charge is 2.23. The molecule has 0 bridgehead atoms. The van der Waals surface area contributed by atoms with Gasteiger partial charge in [-0.25, -0.2) is 4.79 Å². The molecule has 2 aromatic heterocycles. The molecule has 0 N–H and O–H groups in total. The molecule has 1 aromatic carbocycles. The van der Waals surface area contributed by atoms with Crippen molar-refractivity contribution in [3.63, 3.8) is 0 Å². The average molecular weight is 395 g/mol. The smallest absolute Gasteiger partial charge is 0.349 e. The molecule has 0 fully saturated rings. The van der Waals surface area contributed by atoms with E-state index in [9.17, 15) is 9.59 Å². The lowest BCUT2D eigenvalue weighted by Crippen LogP contribution is -2.34. The van der Waals surface area contributed by atoms with Gasteiger partial charge in [0.15, 0.2) is 5.82 Å². The molecule has 7 nitrogen and oxygen atoms in total. The van der Waals surface area contributed by atoms with Gasteiger partial charge in [0.25, 0.3) is 5.91 Å². The zero-order valence-corrected chi connectivity index (χ0v) is 17.0. The molecule has 3 rings (SSSR count). The number of aromatic nitrogens is 2. The first kappa shape index (κ1) is 20.5. The van der Waals surface area contributed by atoms with Crippen molar-refractivity contribution in [3.05, 3.63) is 81.0 Å². The third-order valence-electron chi connectivity index (χ3n) is 4.71. The van der Waals surface area contributed by atoms with Crippen LogP contribution in [0.4, 0.5) is 0 Å². The number of carbonyl (C=O) groups excluding carboxylic acids is 1. The van der Waals surface area contributed by atoms with Crippen molar-refractivity contribution in [3.8, 4) is 0 Å². The second-order valence-corrected chi connectivity index (χ2v) is 6.95. The van der Waals surface area contributed by atoms with E-state index in [0.717, 1.165) is 12.8 Å². The Morgan fingerprint density at radius 3 is 2.52 bits per heavy atom. The molecule has 3 aromatic rings. The number of aryl methyl sites for hydroxylation is 4. The predicted octanol–water partition coefficient (Wildman–Crippen LogP) is 3.48. The number of benzene rings is 1. The van der Waals surface area contributed by atoms with Gasteiger partial charge >= 0.3 is 5.63 Å². The Morgan fingerprint density at radius 1 is 1.14 bits per heavy atom. The number of amides is 1. The van der Waals surface area contributed by atoms with Crippen molar-refractivity contribution in [2.75, 3.05) is 6.54 Å². The van der Waals surface area contributed by atoms with Crippen LogP contribution in [-0.2, 0) is 19.4 Å². The number of nitrogens with zero attached hydrogens (tertiary/aromatic N) is 3. The van der Waals surface area contributed by atoms with Gasteiger partial charge in [0.2, 0.25) is 5.89 Å². The zero-order valence-electron chi connectivity index (χ0n) is 17.0. The standard InChI is InChI=1S/C22H25N3O4/c1-4-25(14-19-23-16(3)24-29-19)21(26)20-15(2)13-18(28-22(20)27)12-8-11-17-9-6-5-7-10-17/h5-7,9-10,13H,4,8,11-12,14H2,1-3H3. The summed E-state index contributed by atoms with van der Waals surface area (Å²) in [5, 5.41) is 3.73. The highest BCUT2D eigenvalue weighted by molar-refractivity contribution is 5.95. The fraction of sp³-hybridized carbons (Fsp3) is 0.364. The van der Waals surface area contributed by atoms with E-state index in [-0.39, 0.29) is 12.1 Å². The summed E-state index contributed by atoms with van der Waals surface area (Å²) in [5.41, 5.74) is 1.30. The molecular weight excluding hydrogens is 370 g/mol. The molecule has 0 aliphatic rings. The highest BCUT2D eigenvalue weighted by Crippen LogP contribution is 2.14. The van der Waals surface area contributed by atoms with Gasteiger partial charge in [-0.2, -0.15) is 4.98 Å². The maximum atomic E-state index is 12.9. The van der Waals surface area contributed by atoms with Gasteiger partial charge in [-0.1, -0.05) is 35.5 Å². The monoisotopic (exact) mass is 395 g/mol. The molecule has 0 radical (unpaired) electrons. The highest BCUT2D eigenvalue weighted by atomic mass is 16.5. The summed E-state index contributed by atoms with van der Waals surface area (Å²) in [5.74, 6) is 1.03. The van der Waals surface area contributed by atoms with Crippen LogP contribution in [-0.4, -0.2) is 27.5 Å². The molecule has 7 heteroatoms. The molecule has 0 unspecified atom stereocenters. The Hall–Kier alpha value is -3.22. The van der Waals surface area contributed by atoms with Crippen LogP contribution in [0, 0.1) is 13.8 Å². The quantitative estimate of drug-likeness (QED) is 0.580.